The van der Waals surface area contributed by atoms with Crippen LogP contribution in [0.1, 0.15) is 13.8 Å². The zero-order valence-electron chi connectivity index (χ0n) is 14.2. The highest BCUT2D eigenvalue weighted by Gasteiger charge is 2.47. The smallest absolute Gasteiger partial charge is 0.228 e. The van der Waals surface area contributed by atoms with Crippen LogP contribution < -0.4 is 10.2 Å². The largest absolute Gasteiger partial charge is 0.393 e. The fraction of sp³-hybridized carbons (Fsp3) is 0.556. The summed E-state index contributed by atoms with van der Waals surface area (Å²) < 4.78 is 0. The van der Waals surface area contributed by atoms with E-state index in [2.05, 4.69) is 22.3 Å². The maximum Gasteiger partial charge on any atom is 0.228 e. The molecule has 2 heterocycles. The molecule has 0 bridgehead atoms. The Hall–Kier alpha value is -2.08. The minimum atomic E-state index is -0.728. The van der Waals surface area contributed by atoms with Crippen LogP contribution in [-0.2, 0) is 9.59 Å². The van der Waals surface area contributed by atoms with E-state index in [1.165, 1.54) is 5.69 Å². The molecule has 2 amide bonds. The van der Waals surface area contributed by atoms with Crippen LogP contribution >= 0.6 is 0 Å². The Kier molecular flexibility index (Phi) is 4.76. The monoisotopic (exact) mass is 331 g/mol. The van der Waals surface area contributed by atoms with E-state index < -0.39 is 12.0 Å². The summed E-state index contributed by atoms with van der Waals surface area (Å²) in [7, 11) is 0. The van der Waals surface area contributed by atoms with E-state index in [9.17, 15) is 14.7 Å². The first-order valence-electron chi connectivity index (χ1n) is 8.56. The van der Waals surface area contributed by atoms with Crippen molar-refractivity contribution in [2.24, 2.45) is 11.8 Å². The van der Waals surface area contributed by atoms with Gasteiger partial charge in [0.05, 0.1) is 24.0 Å². The molecule has 130 valence electrons. The van der Waals surface area contributed by atoms with Gasteiger partial charge >= 0.3 is 0 Å². The van der Waals surface area contributed by atoms with Gasteiger partial charge in [0.1, 0.15) is 0 Å². The molecule has 2 fully saturated rings. The second kappa shape index (κ2) is 6.81. The van der Waals surface area contributed by atoms with Crippen molar-refractivity contribution in [2.75, 3.05) is 31.1 Å². The third-order valence-corrected chi connectivity index (χ3v) is 5.16. The van der Waals surface area contributed by atoms with Crippen LogP contribution in [0.3, 0.4) is 0 Å². The quantitative estimate of drug-likeness (QED) is 0.787. The van der Waals surface area contributed by atoms with Gasteiger partial charge in [-0.25, -0.2) is 0 Å². The number of amides is 2. The highest BCUT2D eigenvalue weighted by atomic mass is 16.3. The van der Waals surface area contributed by atoms with Crippen molar-refractivity contribution in [2.45, 2.75) is 26.0 Å². The molecule has 0 radical (unpaired) electrons. The van der Waals surface area contributed by atoms with Crippen LogP contribution in [-0.4, -0.2) is 60.1 Å². The summed E-state index contributed by atoms with van der Waals surface area (Å²) in [6, 6.07) is 9.93. The van der Waals surface area contributed by atoms with E-state index in [-0.39, 0.29) is 23.8 Å². The fourth-order valence-electron chi connectivity index (χ4n) is 3.64. The number of hydrogen-bond donors (Lipinski definition) is 2. The number of piperazine rings is 1. The number of β-lactam (4-membered cyclic amide) rings is 1. The van der Waals surface area contributed by atoms with E-state index in [1.807, 2.05) is 30.0 Å². The summed E-state index contributed by atoms with van der Waals surface area (Å²) in [4.78, 5) is 28.5. The van der Waals surface area contributed by atoms with Crippen molar-refractivity contribution in [3.05, 3.63) is 30.3 Å². The van der Waals surface area contributed by atoms with Crippen LogP contribution in [0.5, 0.6) is 0 Å². The van der Waals surface area contributed by atoms with E-state index >= 15 is 0 Å². The molecule has 0 spiro atoms. The second-order valence-corrected chi connectivity index (χ2v) is 6.74. The second-order valence-electron chi connectivity index (χ2n) is 6.74. The lowest BCUT2D eigenvalue weighted by molar-refractivity contribution is -0.148. The number of hydrogen-bond acceptors (Lipinski definition) is 4. The van der Waals surface area contributed by atoms with Crippen LogP contribution in [0.15, 0.2) is 30.3 Å². The standard InChI is InChI=1S/C18H25N3O3/c1-12(16-15(13(2)22)17(23)19-16)18(24)21-10-8-20(9-11-21)14-6-4-3-5-7-14/h3-7,12-13,15-16,22H,8-11H2,1-2H3,(H,19,23)/t12?,13?,15-,16-/m1/s1. The molecule has 2 N–H and O–H groups in total. The van der Waals surface area contributed by atoms with Crippen LogP contribution in [0.4, 0.5) is 5.69 Å². The molecule has 0 saturated carbocycles. The van der Waals surface area contributed by atoms with Gasteiger partial charge in [0.2, 0.25) is 11.8 Å². The van der Waals surface area contributed by atoms with Crippen molar-refractivity contribution < 1.29 is 14.7 Å². The predicted molar refractivity (Wildman–Crippen MR) is 91.5 cm³/mol. The number of aliphatic hydroxyl groups is 1. The zero-order valence-corrected chi connectivity index (χ0v) is 14.2. The van der Waals surface area contributed by atoms with Gasteiger partial charge in [0.15, 0.2) is 0 Å². The van der Waals surface area contributed by atoms with E-state index in [1.54, 1.807) is 6.92 Å². The summed E-state index contributed by atoms with van der Waals surface area (Å²) in [6.07, 6.45) is -0.728. The van der Waals surface area contributed by atoms with Gasteiger partial charge < -0.3 is 20.2 Å². The first-order valence-corrected chi connectivity index (χ1v) is 8.56. The van der Waals surface area contributed by atoms with Gasteiger partial charge in [-0.3, -0.25) is 9.59 Å². The molecule has 1 aromatic carbocycles. The Morgan fingerprint density at radius 2 is 1.79 bits per heavy atom. The van der Waals surface area contributed by atoms with Gasteiger partial charge in [0.25, 0.3) is 0 Å². The third kappa shape index (κ3) is 3.11. The average molecular weight is 331 g/mol. The van der Waals surface area contributed by atoms with Crippen LogP contribution in [0, 0.1) is 11.8 Å². The maximum absolute atomic E-state index is 12.7. The summed E-state index contributed by atoms with van der Waals surface area (Å²) >= 11 is 0. The molecule has 2 unspecified atom stereocenters. The fourth-order valence-corrected chi connectivity index (χ4v) is 3.64. The molecule has 2 aliphatic heterocycles. The number of benzene rings is 1. The Morgan fingerprint density at radius 1 is 1.17 bits per heavy atom. The third-order valence-electron chi connectivity index (χ3n) is 5.16. The molecule has 24 heavy (non-hydrogen) atoms. The lowest BCUT2D eigenvalue weighted by Crippen LogP contribution is -2.66. The van der Waals surface area contributed by atoms with Crippen molar-refractivity contribution in [3.63, 3.8) is 0 Å². The molecule has 6 heteroatoms. The van der Waals surface area contributed by atoms with E-state index in [0.29, 0.717) is 13.1 Å². The number of nitrogens with zero attached hydrogens (tertiary/aromatic N) is 2. The van der Waals surface area contributed by atoms with Gasteiger partial charge in [-0.05, 0) is 19.1 Å². The molecule has 0 aromatic heterocycles. The normalized spacial score (nSPS) is 26.4. The van der Waals surface area contributed by atoms with E-state index in [4.69, 9.17) is 0 Å². The zero-order chi connectivity index (χ0) is 17.3. The highest BCUT2D eigenvalue weighted by molar-refractivity contribution is 5.90. The number of para-hydroxylation sites is 1. The molecule has 3 rings (SSSR count). The number of nitrogens with one attached hydrogen (secondary N) is 1. The van der Waals surface area contributed by atoms with E-state index in [0.717, 1.165) is 13.1 Å². The van der Waals surface area contributed by atoms with Gasteiger partial charge in [-0.1, -0.05) is 25.1 Å². The number of aliphatic hydroxyl groups excluding tert-OH is 1. The minimum absolute atomic E-state index is 0.0540. The molecule has 2 aliphatic rings. The summed E-state index contributed by atoms with van der Waals surface area (Å²) in [5, 5.41) is 12.5. The van der Waals surface area contributed by atoms with Crippen molar-refractivity contribution in [1.29, 1.82) is 0 Å². The number of anilines is 1. The Balaban J connectivity index is 1.56. The van der Waals surface area contributed by atoms with Crippen molar-refractivity contribution >= 4 is 17.5 Å². The maximum atomic E-state index is 12.7. The summed E-state index contributed by atoms with van der Waals surface area (Å²) in [6.45, 7) is 6.41. The average Bonchev–Trinajstić information content (AvgIpc) is 2.58. The molecule has 6 nitrogen and oxygen atoms in total. The summed E-state index contributed by atoms with van der Waals surface area (Å²) in [5.74, 6) is -0.901. The number of carbonyl (C=O) groups excluding carboxylic acids is 2. The van der Waals surface area contributed by atoms with Gasteiger partial charge in [-0.15, -0.1) is 0 Å². The Morgan fingerprint density at radius 3 is 2.33 bits per heavy atom. The number of carbonyl (C=O) groups is 2. The lowest BCUT2D eigenvalue weighted by atomic mass is 9.78. The predicted octanol–water partition coefficient (Wildman–Crippen LogP) is 0.467. The molecule has 2 saturated heterocycles. The topological polar surface area (TPSA) is 72.9 Å². The number of rotatable bonds is 4. The van der Waals surface area contributed by atoms with Crippen LogP contribution in [0.25, 0.3) is 0 Å². The van der Waals surface area contributed by atoms with Gasteiger partial charge in [0, 0.05) is 31.9 Å². The van der Waals surface area contributed by atoms with Crippen molar-refractivity contribution in [3.8, 4) is 0 Å². The highest BCUT2D eigenvalue weighted by Crippen LogP contribution is 2.27. The molecule has 0 aliphatic carbocycles. The minimum Gasteiger partial charge on any atom is -0.393 e. The van der Waals surface area contributed by atoms with Gasteiger partial charge in [-0.2, -0.15) is 0 Å². The first-order chi connectivity index (χ1) is 11.5. The Labute approximate surface area is 142 Å². The SMILES string of the molecule is CC(C(=O)N1CCN(c2ccccc2)CC1)[C@H]1NC(=O)[C@@H]1C(C)O. The van der Waals surface area contributed by atoms with Crippen molar-refractivity contribution in [1.82, 2.24) is 10.2 Å². The Bertz CT molecular complexity index is 597. The molecule has 4 atom stereocenters. The first kappa shape index (κ1) is 16.8. The molecular formula is C18H25N3O3. The van der Waals surface area contributed by atoms with Crippen LogP contribution in [0.2, 0.25) is 0 Å². The molecular weight excluding hydrogens is 306 g/mol. The summed E-state index contributed by atoms with van der Waals surface area (Å²) in [5.41, 5.74) is 1.18. The molecule has 1 aromatic rings. The lowest BCUT2D eigenvalue weighted by Gasteiger charge is -2.44.